The lowest BCUT2D eigenvalue weighted by molar-refractivity contribution is -0.127. The molecule has 0 bridgehead atoms. The van der Waals surface area contributed by atoms with Crippen LogP contribution < -0.4 is 5.32 Å². The molecule has 1 N–H and O–H groups in total. The van der Waals surface area contributed by atoms with Crippen molar-refractivity contribution in [2.24, 2.45) is 0 Å². The number of hydrogen-bond acceptors (Lipinski definition) is 4. The summed E-state index contributed by atoms with van der Waals surface area (Å²) in [5.74, 6) is 0.734. The van der Waals surface area contributed by atoms with E-state index in [1.54, 1.807) is 6.92 Å². The molecule has 5 nitrogen and oxygen atoms in total. The third kappa shape index (κ3) is 5.05. The Balaban J connectivity index is 1.96. The van der Waals surface area contributed by atoms with Crippen LogP contribution in [0.2, 0.25) is 0 Å². The first kappa shape index (κ1) is 17.9. The normalized spacial score (nSPS) is 10.6. The highest BCUT2D eigenvalue weighted by Gasteiger charge is 2.16. The molecule has 5 heteroatoms. The molecule has 0 radical (unpaired) electrons. The summed E-state index contributed by atoms with van der Waals surface area (Å²) in [5.41, 5.74) is 2.63. The fourth-order valence-corrected chi connectivity index (χ4v) is 2.31. The summed E-state index contributed by atoms with van der Waals surface area (Å²) in [4.78, 5) is 28.2. The molecule has 1 aromatic carbocycles. The highest BCUT2D eigenvalue weighted by molar-refractivity contribution is 5.98. The number of hydrogen-bond donors (Lipinski definition) is 1. The monoisotopic (exact) mass is 328 g/mol. The minimum atomic E-state index is -0.228. The standard InChI is InChI=1S/C19H24N2O3/c1-4-5-10-20-18(23)12-16(22)11-17-14(3)24-19(21-17)15-8-6-13(2)7-9-15/h6-9H,4-5,10-12H2,1-3H3,(H,20,23). The zero-order valence-corrected chi connectivity index (χ0v) is 14.5. The van der Waals surface area contributed by atoms with E-state index in [-0.39, 0.29) is 24.5 Å². The molecule has 0 saturated carbocycles. The fourth-order valence-electron chi connectivity index (χ4n) is 2.31. The molecule has 1 aromatic heterocycles. The zero-order valence-electron chi connectivity index (χ0n) is 14.5. The van der Waals surface area contributed by atoms with Crippen molar-refractivity contribution in [3.05, 3.63) is 41.3 Å². The van der Waals surface area contributed by atoms with Gasteiger partial charge in [0.25, 0.3) is 0 Å². The molecule has 0 aliphatic rings. The minimum absolute atomic E-state index is 0.113. The number of carbonyl (C=O) groups is 2. The first-order chi connectivity index (χ1) is 11.5. The van der Waals surface area contributed by atoms with Crippen molar-refractivity contribution < 1.29 is 14.0 Å². The van der Waals surface area contributed by atoms with Crippen molar-refractivity contribution in [3.8, 4) is 11.5 Å². The summed E-state index contributed by atoms with van der Waals surface area (Å²) in [7, 11) is 0. The van der Waals surface area contributed by atoms with Gasteiger partial charge < -0.3 is 9.73 Å². The Morgan fingerprint density at radius 2 is 1.88 bits per heavy atom. The predicted molar refractivity (Wildman–Crippen MR) is 92.7 cm³/mol. The van der Waals surface area contributed by atoms with Crippen molar-refractivity contribution in [2.45, 2.75) is 46.5 Å². The third-order valence-electron chi connectivity index (χ3n) is 3.77. The number of aryl methyl sites for hydroxylation is 2. The molecular weight excluding hydrogens is 304 g/mol. The molecule has 0 spiro atoms. The maximum Gasteiger partial charge on any atom is 0.227 e. The topological polar surface area (TPSA) is 72.2 Å². The number of ketones is 1. The van der Waals surface area contributed by atoms with Crippen molar-refractivity contribution in [1.82, 2.24) is 10.3 Å². The Labute approximate surface area is 142 Å². The molecule has 1 heterocycles. The molecule has 0 aliphatic carbocycles. The van der Waals surface area contributed by atoms with Crippen molar-refractivity contribution in [2.75, 3.05) is 6.54 Å². The highest BCUT2D eigenvalue weighted by Crippen LogP contribution is 2.22. The number of rotatable bonds is 8. The number of unbranched alkanes of at least 4 members (excludes halogenated alkanes) is 1. The van der Waals surface area contributed by atoms with E-state index in [1.165, 1.54) is 0 Å². The van der Waals surface area contributed by atoms with E-state index < -0.39 is 0 Å². The maximum absolute atomic E-state index is 12.1. The molecule has 2 aromatic rings. The number of carbonyl (C=O) groups excluding carboxylic acids is 2. The third-order valence-corrected chi connectivity index (χ3v) is 3.77. The van der Waals surface area contributed by atoms with Crippen molar-refractivity contribution in [3.63, 3.8) is 0 Å². The second-order valence-corrected chi connectivity index (χ2v) is 5.98. The van der Waals surface area contributed by atoms with Crippen LogP contribution in [0.25, 0.3) is 11.5 Å². The first-order valence-electron chi connectivity index (χ1n) is 8.31. The lowest BCUT2D eigenvalue weighted by Crippen LogP contribution is -2.27. The van der Waals surface area contributed by atoms with Crippen LogP contribution in [0.5, 0.6) is 0 Å². The van der Waals surface area contributed by atoms with Gasteiger partial charge in [0.05, 0.1) is 18.5 Å². The van der Waals surface area contributed by atoms with Gasteiger partial charge in [0.15, 0.2) is 0 Å². The van der Waals surface area contributed by atoms with Gasteiger partial charge in [0.1, 0.15) is 11.5 Å². The number of nitrogens with one attached hydrogen (secondary N) is 1. The number of aromatic nitrogens is 1. The van der Waals surface area contributed by atoms with Crippen LogP contribution in [0.4, 0.5) is 0 Å². The average molecular weight is 328 g/mol. The molecule has 0 atom stereocenters. The van der Waals surface area contributed by atoms with E-state index in [0.29, 0.717) is 23.9 Å². The van der Waals surface area contributed by atoms with Crippen molar-refractivity contribution >= 4 is 11.7 Å². The Bertz CT molecular complexity index is 702. The van der Waals surface area contributed by atoms with Gasteiger partial charge in [-0.05, 0) is 32.4 Å². The number of amides is 1. The largest absolute Gasteiger partial charge is 0.441 e. The Morgan fingerprint density at radius 1 is 1.17 bits per heavy atom. The van der Waals surface area contributed by atoms with Crippen LogP contribution in [0.3, 0.4) is 0 Å². The average Bonchev–Trinajstić information content (AvgIpc) is 2.89. The van der Waals surface area contributed by atoms with Gasteiger partial charge in [0, 0.05) is 12.1 Å². The number of Topliss-reactive ketones (excluding diaryl/α,β-unsaturated/α-hetero) is 1. The van der Waals surface area contributed by atoms with Gasteiger partial charge in [-0.1, -0.05) is 31.0 Å². The maximum atomic E-state index is 12.1. The smallest absolute Gasteiger partial charge is 0.227 e. The molecule has 0 fully saturated rings. The SMILES string of the molecule is CCCCNC(=O)CC(=O)Cc1nc(-c2ccc(C)cc2)oc1C. The Kier molecular flexibility index (Phi) is 6.29. The molecular formula is C19H24N2O3. The highest BCUT2D eigenvalue weighted by atomic mass is 16.4. The van der Waals surface area contributed by atoms with E-state index >= 15 is 0 Å². The zero-order chi connectivity index (χ0) is 17.5. The number of nitrogens with zero attached hydrogens (tertiary/aromatic N) is 1. The summed E-state index contributed by atoms with van der Waals surface area (Å²) >= 11 is 0. The summed E-state index contributed by atoms with van der Waals surface area (Å²) < 4.78 is 5.66. The van der Waals surface area contributed by atoms with Gasteiger partial charge >= 0.3 is 0 Å². The molecule has 0 saturated heterocycles. The molecule has 24 heavy (non-hydrogen) atoms. The van der Waals surface area contributed by atoms with Gasteiger partial charge in [0.2, 0.25) is 11.8 Å². The van der Waals surface area contributed by atoms with Crippen LogP contribution in [-0.4, -0.2) is 23.2 Å². The number of benzene rings is 1. The van der Waals surface area contributed by atoms with Gasteiger partial charge in [-0.25, -0.2) is 4.98 Å². The van der Waals surface area contributed by atoms with E-state index in [4.69, 9.17) is 4.42 Å². The van der Waals surface area contributed by atoms with Gasteiger partial charge in [-0.15, -0.1) is 0 Å². The predicted octanol–water partition coefficient (Wildman–Crippen LogP) is 3.38. The Morgan fingerprint density at radius 3 is 2.54 bits per heavy atom. The summed E-state index contributed by atoms with van der Waals surface area (Å²) in [6, 6.07) is 7.85. The van der Waals surface area contributed by atoms with Crippen LogP contribution in [0, 0.1) is 13.8 Å². The lowest BCUT2D eigenvalue weighted by Gasteiger charge is -2.03. The van der Waals surface area contributed by atoms with Crippen molar-refractivity contribution in [1.29, 1.82) is 0 Å². The second kappa shape index (κ2) is 8.43. The van der Waals surface area contributed by atoms with Crippen LogP contribution >= 0.6 is 0 Å². The molecule has 1 amide bonds. The van der Waals surface area contributed by atoms with Crippen LogP contribution in [-0.2, 0) is 16.0 Å². The van der Waals surface area contributed by atoms with Gasteiger partial charge in [-0.2, -0.15) is 0 Å². The van der Waals surface area contributed by atoms with E-state index in [0.717, 1.165) is 24.0 Å². The quantitative estimate of drug-likeness (QED) is 0.595. The summed E-state index contributed by atoms with van der Waals surface area (Å²) in [5, 5.41) is 2.75. The Hall–Kier alpha value is -2.43. The van der Waals surface area contributed by atoms with E-state index in [9.17, 15) is 9.59 Å². The molecule has 2 rings (SSSR count). The van der Waals surface area contributed by atoms with Crippen LogP contribution in [0.15, 0.2) is 28.7 Å². The van der Waals surface area contributed by atoms with E-state index in [1.807, 2.05) is 31.2 Å². The second-order valence-electron chi connectivity index (χ2n) is 5.98. The number of oxazole rings is 1. The minimum Gasteiger partial charge on any atom is -0.441 e. The van der Waals surface area contributed by atoms with E-state index in [2.05, 4.69) is 17.2 Å². The molecule has 128 valence electrons. The van der Waals surface area contributed by atoms with Crippen LogP contribution in [0.1, 0.15) is 43.2 Å². The summed E-state index contributed by atoms with van der Waals surface area (Å²) in [6.45, 7) is 6.47. The molecule has 0 aliphatic heterocycles. The summed E-state index contributed by atoms with van der Waals surface area (Å²) in [6.07, 6.45) is 1.93. The van der Waals surface area contributed by atoms with Gasteiger partial charge in [-0.3, -0.25) is 9.59 Å². The lowest BCUT2D eigenvalue weighted by atomic mass is 10.1. The molecule has 0 unspecified atom stereocenters. The first-order valence-corrected chi connectivity index (χ1v) is 8.31. The fraction of sp³-hybridized carbons (Fsp3) is 0.421.